The van der Waals surface area contributed by atoms with E-state index in [9.17, 15) is 0 Å². The SMILES string of the molecule is COc1ccc(OCCn2c(C)nc3ccc(-c4cc(N)nc(N)c4)nc32)cc1. The van der Waals surface area contributed by atoms with Gasteiger partial charge in [0.2, 0.25) is 0 Å². The van der Waals surface area contributed by atoms with Crippen LogP contribution in [0.3, 0.4) is 0 Å². The number of pyridine rings is 2. The molecule has 3 heterocycles. The van der Waals surface area contributed by atoms with Crippen molar-refractivity contribution in [3.05, 3.63) is 54.4 Å². The summed E-state index contributed by atoms with van der Waals surface area (Å²) in [5, 5.41) is 0. The Kier molecular flexibility index (Phi) is 4.90. The molecule has 0 bridgehead atoms. The van der Waals surface area contributed by atoms with Gasteiger partial charge in [-0.2, -0.15) is 0 Å². The molecule has 4 aromatic rings. The smallest absolute Gasteiger partial charge is 0.160 e. The summed E-state index contributed by atoms with van der Waals surface area (Å²) in [5.74, 6) is 3.17. The Morgan fingerprint density at radius 1 is 0.897 bits per heavy atom. The van der Waals surface area contributed by atoms with Crippen LogP contribution < -0.4 is 20.9 Å². The molecule has 0 aliphatic rings. The average molecular weight is 390 g/mol. The Morgan fingerprint density at radius 3 is 2.28 bits per heavy atom. The Balaban J connectivity index is 1.57. The van der Waals surface area contributed by atoms with Crippen molar-refractivity contribution < 1.29 is 9.47 Å². The molecule has 0 saturated carbocycles. The highest BCUT2D eigenvalue weighted by molar-refractivity contribution is 5.77. The van der Waals surface area contributed by atoms with Crippen molar-refractivity contribution in [3.63, 3.8) is 0 Å². The van der Waals surface area contributed by atoms with Crippen LogP contribution in [0.25, 0.3) is 22.4 Å². The summed E-state index contributed by atoms with van der Waals surface area (Å²) >= 11 is 0. The summed E-state index contributed by atoms with van der Waals surface area (Å²) < 4.78 is 13.1. The van der Waals surface area contributed by atoms with Gasteiger partial charge < -0.3 is 25.5 Å². The summed E-state index contributed by atoms with van der Waals surface area (Å²) in [6, 6.07) is 14.9. The summed E-state index contributed by atoms with van der Waals surface area (Å²) in [7, 11) is 1.64. The van der Waals surface area contributed by atoms with Crippen molar-refractivity contribution in [2.45, 2.75) is 13.5 Å². The predicted octanol–water partition coefficient (Wildman–Crippen LogP) is 3.05. The van der Waals surface area contributed by atoms with Crippen molar-refractivity contribution in [3.8, 4) is 22.8 Å². The number of nitrogens with zero attached hydrogens (tertiary/aromatic N) is 4. The van der Waals surface area contributed by atoms with E-state index < -0.39 is 0 Å². The fraction of sp³-hybridized carbons (Fsp3) is 0.190. The number of ether oxygens (including phenoxy) is 2. The van der Waals surface area contributed by atoms with E-state index in [2.05, 4.69) is 9.97 Å². The highest BCUT2D eigenvalue weighted by atomic mass is 16.5. The molecule has 0 amide bonds. The zero-order chi connectivity index (χ0) is 20.4. The number of hydrogen-bond acceptors (Lipinski definition) is 7. The van der Waals surface area contributed by atoms with Gasteiger partial charge in [-0.25, -0.2) is 15.0 Å². The average Bonchev–Trinajstić information content (AvgIpc) is 3.02. The maximum Gasteiger partial charge on any atom is 0.160 e. The van der Waals surface area contributed by atoms with E-state index in [1.54, 1.807) is 19.2 Å². The maximum absolute atomic E-state index is 5.86. The van der Waals surface area contributed by atoms with Gasteiger partial charge in [-0.05, 0) is 55.5 Å². The first-order chi connectivity index (χ1) is 14.0. The van der Waals surface area contributed by atoms with Crippen molar-refractivity contribution in [1.29, 1.82) is 0 Å². The number of aromatic nitrogens is 4. The lowest BCUT2D eigenvalue weighted by molar-refractivity contribution is 0.298. The number of benzene rings is 1. The van der Waals surface area contributed by atoms with Gasteiger partial charge in [0.25, 0.3) is 0 Å². The van der Waals surface area contributed by atoms with E-state index in [1.165, 1.54) is 0 Å². The molecule has 3 aromatic heterocycles. The zero-order valence-corrected chi connectivity index (χ0v) is 16.3. The van der Waals surface area contributed by atoms with Gasteiger partial charge in [-0.15, -0.1) is 0 Å². The number of methoxy groups -OCH3 is 1. The van der Waals surface area contributed by atoms with E-state index in [4.69, 9.17) is 25.9 Å². The molecule has 0 spiro atoms. The van der Waals surface area contributed by atoms with Crippen LogP contribution in [-0.4, -0.2) is 33.2 Å². The molecule has 0 unspecified atom stereocenters. The molecule has 0 radical (unpaired) electrons. The summed E-state index contributed by atoms with van der Waals surface area (Å²) in [6.45, 7) is 3.06. The second-order valence-electron chi connectivity index (χ2n) is 6.58. The molecular weight excluding hydrogens is 368 g/mol. The lowest BCUT2D eigenvalue weighted by atomic mass is 10.1. The van der Waals surface area contributed by atoms with Crippen molar-refractivity contribution in [1.82, 2.24) is 19.5 Å². The van der Waals surface area contributed by atoms with Gasteiger partial charge in [0.1, 0.15) is 41.1 Å². The predicted molar refractivity (Wildman–Crippen MR) is 113 cm³/mol. The molecule has 4 N–H and O–H groups in total. The van der Waals surface area contributed by atoms with Crippen LogP contribution in [-0.2, 0) is 6.54 Å². The largest absolute Gasteiger partial charge is 0.497 e. The number of anilines is 2. The fourth-order valence-electron chi connectivity index (χ4n) is 3.19. The minimum atomic E-state index is 0.361. The zero-order valence-electron chi connectivity index (χ0n) is 16.3. The lowest BCUT2D eigenvalue weighted by Crippen LogP contribution is -2.10. The van der Waals surface area contributed by atoms with Crippen LogP contribution in [0.1, 0.15) is 5.82 Å². The third-order valence-electron chi connectivity index (χ3n) is 4.59. The number of imidazole rings is 1. The molecular formula is C21H22N6O2. The Labute approximate surface area is 168 Å². The lowest BCUT2D eigenvalue weighted by Gasteiger charge is -2.10. The number of aryl methyl sites for hydroxylation is 1. The molecule has 0 fully saturated rings. The molecule has 0 saturated heterocycles. The Morgan fingerprint density at radius 2 is 1.59 bits per heavy atom. The first-order valence-corrected chi connectivity index (χ1v) is 9.17. The summed E-state index contributed by atoms with van der Waals surface area (Å²) in [5.41, 5.74) is 14.8. The van der Waals surface area contributed by atoms with Gasteiger partial charge in [-0.1, -0.05) is 0 Å². The van der Waals surface area contributed by atoms with Crippen LogP contribution in [0.2, 0.25) is 0 Å². The second-order valence-corrected chi connectivity index (χ2v) is 6.58. The minimum Gasteiger partial charge on any atom is -0.497 e. The normalized spacial score (nSPS) is 11.0. The Bertz CT molecular complexity index is 1130. The summed E-state index contributed by atoms with van der Waals surface area (Å²) in [6.07, 6.45) is 0. The molecule has 148 valence electrons. The molecule has 8 nitrogen and oxygen atoms in total. The molecule has 0 aliphatic heterocycles. The first-order valence-electron chi connectivity index (χ1n) is 9.17. The number of rotatable bonds is 6. The van der Waals surface area contributed by atoms with Crippen LogP contribution in [0.5, 0.6) is 11.5 Å². The molecule has 8 heteroatoms. The standard InChI is InChI=1S/C21H22N6O2/c1-13-24-18-8-7-17(14-11-19(22)26-20(23)12-14)25-21(18)27(13)9-10-29-16-5-3-15(28-2)4-6-16/h3-8,11-12H,9-10H2,1-2H3,(H4,22,23,26). The van der Waals surface area contributed by atoms with Crippen molar-refractivity contribution in [2.75, 3.05) is 25.2 Å². The molecule has 4 rings (SSSR count). The van der Waals surface area contributed by atoms with Gasteiger partial charge in [0, 0.05) is 5.56 Å². The maximum atomic E-state index is 5.86. The van der Waals surface area contributed by atoms with E-state index in [0.717, 1.165) is 39.7 Å². The van der Waals surface area contributed by atoms with Gasteiger partial charge in [-0.3, -0.25) is 0 Å². The van der Waals surface area contributed by atoms with E-state index in [1.807, 2.05) is 47.9 Å². The molecule has 0 aliphatic carbocycles. The topological polar surface area (TPSA) is 114 Å². The molecule has 0 atom stereocenters. The third-order valence-corrected chi connectivity index (χ3v) is 4.59. The second kappa shape index (κ2) is 7.67. The minimum absolute atomic E-state index is 0.361. The quantitative estimate of drug-likeness (QED) is 0.520. The molecule has 29 heavy (non-hydrogen) atoms. The van der Waals surface area contributed by atoms with Crippen LogP contribution in [0, 0.1) is 6.92 Å². The molecule has 1 aromatic carbocycles. The van der Waals surface area contributed by atoms with Crippen LogP contribution in [0.15, 0.2) is 48.5 Å². The Hall–Kier alpha value is -3.81. The van der Waals surface area contributed by atoms with E-state index >= 15 is 0 Å². The number of fused-ring (bicyclic) bond motifs is 1. The number of hydrogen-bond donors (Lipinski definition) is 2. The fourth-order valence-corrected chi connectivity index (χ4v) is 3.19. The highest BCUT2D eigenvalue weighted by Crippen LogP contribution is 2.24. The van der Waals surface area contributed by atoms with E-state index in [0.29, 0.717) is 24.8 Å². The monoisotopic (exact) mass is 390 g/mol. The van der Waals surface area contributed by atoms with Crippen molar-refractivity contribution in [2.24, 2.45) is 0 Å². The van der Waals surface area contributed by atoms with Crippen LogP contribution >= 0.6 is 0 Å². The number of nitrogen functional groups attached to an aromatic ring is 2. The van der Waals surface area contributed by atoms with Gasteiger partial charge >= 0.3 is 0 Å². The van der Waals surface area contributed by atoms with Crippen LogP contribution in [0.4, 0.5) is 11.6 Å². The summed E-state index contributed by atoms with van der Waals surface area (Å²) in [4.78, 5) is 13.4. The van der Waals surface area contributed by atoms with Gasteiger partial charge in [0.15, 0.2) is 5.65 Å². The number of nitrogens with two attached hydrogens (primary N) is 2. The third kappa shape index (κ3) is 3.91. The van der Waals surface area contributed by atoms with Crippen molar-refractivity contribution >= 4 is 22.8 Å². The van der Waals surface area contributed by atoms with Gasteiger partial charge in [0.05, 0.1) is 19.3 Å². The first kappa shape index (κ1) is 18.5. The van der Waals surface area contributed by atoms with E-state index in [-0.39, 0.29) is 0 Å². The highest BCUT2D eigenvalue weighted by Gasteiger charge is 2.12.